The Bertz CT molecular complexity index is 1110. The highest BCUT2D eigenvalue weighted by Gasteiger charge is 2.31. The summed E-state index contributed by atoms with van der Waals surface area (Å²) in [7, 11) is -3.78. The van der Waals surface area contributed by atoms with Crippen LogP contribution < -0.4 is 9.62 Å². The third-order valence-corrected chi connectivity index (χ3v) is 7.02. The lowest BCUT2D eigenvalue weighted by Crippen LogP contribution is -2.53. The van der Waals surface area contributed by atoms with E-state index in [1.807, 2.05) is 51.1 Å². The number of halogens is 1. The lowest BCUT2D eigenvalue weighted by atomic mass is 10.1. The number of nitrogens with one attached hydrogen (secondary N) is 1. The van der Waals surface area contributed by atoms with Crippen LogP contribution >= 0.6 is 11.6 Å². The predicted molar refractivity (Wildman–Crippen MR) is 142 cm³/mol. The predicted octanol–water partition coefficient (Wildman–Crippen LogP) is 4.04. The zero-order valence-corrected chi connectivity index (χ0v) is 22.7. The number of rotatable bonds is 12. The minimum Gasteiger partial charge on any atom is -0.354 e. The van der Waals surface area contributed by atoms with Crippen LogP contribution in [0.15, 0.2) is 48.5 Å². The van der Waals surface area contributed by atoms with Crippen molar-refractivity contribution in [1.82, 2.24) is 10.2 Å². The van der Waals surface area contributed by atoms with Crippen molar-refractivity contribution in [2.24, 2.45) is 5.92 Å². The van der Waals surface area contributed by atoms with Crippen molar-refractivity contribution in [2.45, 2.75) is 46.6 Å². The van der Waals surface area contributed by atoms with Gasteiger partial charge in [-0.2, -0.15) is 0 Å². The van der Waals surface area contributed by atoms with Crippen molar-refractivity contribution < 1.29 is 18.0 Å². The maximum atomic E-state index is 13.6. The fourth-order valence-electron chi connectivity index (χ4n) is 3.81. The van der Waals surface area contributed by atoms with Gasteiger partial charge in [0.25, 0.3) is 0 Å². The largest absolute Gasteiger partial charge is 0.354 e. The second-order valence-electron chi connectivity index (χ2n) is 9.09. The molecule has 0 saturated carbocycles. The molecule has 0 heterocycles. The van der Waals surface area contributed by atoms with E-state index in [9.17, 15) is 18.0 Å². The molecular weight excluding hydrogens is 486 g/mol. The van der Waals surface area contributed by atoms with E-state index < -0.39 is 28.5 Å². The molecule has 0 unspecified atom stereocenters. The normalized spacial score (nSPS) is 12.3. The maximum Gasteiger partial charge on any atom is 0.244 e. The highest BCUT2D eigenvalue weighted by atomic mass is 35.5. The average molecular weight is 522 g/mol. The van der Waals surface area contributed by atoms with E-state index in [1.165, 1.54) is 4.90 Å². The highest BCUT2D eigenvalue weighted by molar-refractivity contribution is 7.92. The van der Waals surface area contributed by atoms with E-state index in [1.54, 1.807) is 25.1 Å². The number of sulfonamides is 1. The monoisotopic (exact) mass is 521 g/mol. The van der Waals surface area contributed by atoms with E-state index in [-0.39, 0.29) is 18.4 Å². The van der Waals surface area contributed by atoms with Gasteiger partial charge in [0.2, 0.25) is 21.8 Å². The first-order chi connectivity index (χ1) is 16.4. The van der Waals surface area contributed by atoms with Crippen LogP contribution in [-0.2, 0) is 26.0 Å². The smallest absolute Gasteiger partial charge is 0.244 e. The van der Waals surface area contributed by atoms with Gasteiger partial charge in [-0.1, -0.05) is 62.7 Å². The quantitative estimate of drug-likeness (QED) is 0.456. The first kappa shape index (κ1) is 28.7. The molecule has 2 aromatic rings. The zero-order chi connectivity index (χ0) is 26.2. The summed E-state index contributed by atoms with van der Waals surface area (Å²) in [6.45, 7) is 7.95. The molecule has 0 bridgehead atoms. The van der Waals surface area contributed by atoms with Crippen molar-refractivity contribution in [2.75, 3.05) is 30.2 Å². The average Bonchev–Trinajstić information content (AvgIpc) is 2.79. The number of amides is 2. The van der Waals surface area contributed by atoms with Crippen molar-refractivity contribution >= 4 is 39.1 Å². The van der Waals surface area contributed by atoms with Crippen LogP contribution in [0, 0.1) is 12.8 Å². The molecule has 1 N–H and O–H groups in total. The summed E-state index contributed by atoms with van der Waals surface area (Å²) in [6.07, 6.45) is 2.01. The minimum absolute atomic E-state index is 0.240. The highest BCUT2D eigenvalue weighted by Crippen LogP contribution is 2.26. The van der Waals surface area contributed by atoms with Gasteiger partial charge < -0.3 is 10.2 Å². The fourth-order valence-corrected chi connectivity index (χ4v) is 4.95. The topological polar surface area (TPSA) is 86.8 Å². The maximum absolute atomic E-state index is 13.6. The van der Waals surface area contributed by atoms with Gasteiger partial charge in [0.05, 0.1) is 11.9 Å². The molecule has 2 rings (SSSR count). The van der Waals surface area contributed by atoms with Crippen molar-refractivity contribution in [3.05, 3.63) is 64.7 Å². The second-order valence-corrected chi connectivity index (χ2v) is 11.4. The van der Waals surface area contributed by atoms with E-state index in [0.717, 1.165) is 16.1 Å². The molecule has 9 heteroatoms. The number of hydrogen-bond acceptors (Lipinski definition) is 4. The number of aryl methyl sites for hydroxylation is 1. The zero-order valence-electron chi connectivity index (χ0n) is 21.1. The SMILES string of the molecule is CC[C@H](C(=O)NCC(C)C)N(CCc1ccccc1)C(=O)CN(c1ccc(Cl)cc1C)S(C)(=O)=O. The Kier molecular flexibility index (Phi) is 10.6. The molecule has 2 amide bonds. The van der Waals surface area contributed by atoms with Crippen molar-refractivity contribution in [3.63, 3.8) is 0 Å². The van der Waals surface area contributed by atoms with E-state index in [0.29, 0.717) is 35.7 Å². The number of hydrogen-bond donors (Lipinski definition) is 1. The Labute approximate surface area is 214 Å². The van der Waals surface area contributed by atoms with E-state index >= 15 is 0 Å². The molecule has 2 aromatic carbocycles. The van der Waals surface area contributed by atoms with E-state index in [2.05, 4.69) is 5.32 Å². The fraction of sp³-hybridized carbons (Fsp3) is 0.462. The summed E-state index contributed by atoms with van der Waals surface area (Å²) in [5, 5.41) is 3.39. The second kappa shape index (κ2) is 12.9. The van der Waals surface area contributed by atoms with Gasteiger partial charge in [-0.3, -0.25) is 13.9 Å². The number of anilines is 1. The Balaban J connectivity index is 2.37. The van der Waals surface area contributed by atoms with Gasteiger partial charge >= 0.3 is 0 Å². The van der Waals surface area contributed by atoms with Crippen LogP contribution in [0.5, 0.6) is 0 Å². The lowest BCUT2D eigenvalue weighted by Gasteiger charge is -2.33. The summed E-state index contributed by atoms with van der Waals surface area (Å²) < 4.78 is 26.5. The number of carbonyl (C=O) groups is 2. The molecular formula is C26H36ClN3O4S. The van der Waals surface area contributed by atoms with Gasteiger partial charge in [-0.15, -0.1) is 0 Å². The molecule has 0 radical (unpaired) electrons. The Morgan fingerprint density at radius 3 is 2.29 bits per heavy atom. The standard InChI is InChI=1S/C26H36ClN3O4S/c1-6-23(26(32)28-17-19(2)3)29(15-14-21-10-8-7-9-11-21)25(31)18-30(35(5,33)34)24-13-12-22(27)16-20(24)4/h7-13,16,19,23H,6,14-15,17-18H2,1-5H3,(H,28,32)/t23-/m1/s1. The molecule has 7 nitrogen and oxygen atoms in total. The third-order valence-electron chi connectivity index (χ3n) is 5.66. The molecule has 0 aromatic heterocycles. The van der Waals surface area contributed by atoms with Crippen LogP contribution in [0.4, 0.5) is 5.69 Å². The molecule has 0 aliphatic rings. The summed E-state index contributed by atoms with van der Waals surface area (Å²) in [5.41, 5.74) is 2.04. The Morgan fingerprint density at radius 1 is 1.09 bits per heavy atom. The van der Waals surface area contributed by atoms with Crippen molar-refractivity contribution in [3.8, 4) is 0 Å². The molecule has 0 fully saturated rings. The van der Waals surface area contributed by atoms with E-state index in [4.69, 9.17) is 11.6 Å². The van der Waals surface area contributed by atoms with Gasteiger partial charge in [0.1, 0.15) is 12.6 Å². The van der Waals surface area contributed by atoms with Crippen LogP contribution in [-0.4, -0.2) is 57.1 Å². The summed E-state index contributed by atoms with van der Waals surface area (Å²) in [6, 6.07) is 13.8. The molecule has 1 atom stereocenters. The van der Waals surface area contributed by atoms with Gasteiger partial charge in [-0.25, -0.2) is 8.42 Å². The molecule has 0 aliphatic carbocycles. The number of nitrogens with zero attached hydrogens (tertiary/aromatic N) is 2. The first-order valence-corrected chi connectivity index (χ1v) is 14.0. The molecule has 192 valence electrons. The molecule has 0 spiro atoms. The summed E-state index contributed by atoms with van der Waals surface area (Å²) in [5.74, 6) is -0.415. The van der Waals surface area contributed by atoms with Crippen molar-refractivity contribution in [1.29, 1.82) is 0 Å². The number of carbonyl (C=O) groups excluding carboxylic acids is 2. The van der Waals surface area contributed by atoms with Crippen LogP contribution in [0.2, 0.25) is 5.02 Å². The van der Waals surface area contributed by atoms with Crippen LogP contribution in [0.25, 0.3) is 0 Å². The van der Waals surface area contributed by atoms with Crippen LogP contribution in [0.3, 0.4) is 0 Å². The van der Waals surface area contributed by atoms with Gasteiger partial charge in [0, 0.05) is 18.1 Å². The Hall–Kier alpha value is -2.58. The Morgan fingerprint density at radius 2 is 1.74 bits per heavy atom. The van der Waals surface area contributed by atoms with Gasteiger partial charge in [-0.05, 0) is 55.0 Å². The van der Waals surface area contributed by atoms with Gasteiger partial charge in [0.15, 0.2) is 0 Å². The molecule has 35 heavy (non-hydrogen) atoms. The molecule has 0 saturated heterocycles. The summed E-state index contributed by atoms with van der Waals surface area (Å²) in [4.78, 5) is 28.2. The third kappa shape index (κ3) is 8.54. The first-order valence-electron chi connectivity index (χ1n) is 11.8. The lowest BCUT2D eigenvalue weighted by molar-refractivity contribution is -0.139. The minimum atomic E-state index is -3.78. The molecule has 0 aliphatic heterocycles. The van der Waals surface area contributed by atoms with Crippen LogP contribution in [0.1, 0.15) is 38.3 Å². The number of benzene rings is 2. The summed E-state index contributed by atoms with van der Waals surface area (Å²) >= 11 is 6.05.